The first-order valence-corrected chi connectivity index (χ1v) is 7.38. The number of amides is 2. The zero-order valence-electron chi connectivity index (χ0n) is 12.8. The van der Waals surface area contributed by atoms with E-state index in [9.17, 15) is 9.59 Å². The summed E-state index contributed by atoms with van der Waals surface area (Å²) in [5, 5.41) is 2.96. The van der Waals surface area contributed by atoms with Crippen molar-refractivity contribution in [2.24, 2.45) is 0 Å². The van der Waals surface area contributed by atoms with Gasteiger partial charge in [-0.2, -0.15) is 0 Å². The van der Waals surface area contributed by atoms with E-state index >= 15 is 0 Å². The molecular formula is C14H19ClN4O3. The summed E-state index contributed by atoms with van der Waals surface area (Å²) in [4.78, 5) is 33.4. The molecule has 1 aliphatic rings. The number of halogens is 1. The van der Waals surface area contributed by atoms with Crippen molar-refractivity contribution >= 4 is 23.6 Å². The molecule has 1 aromatic heterocycles. The minimum Gasteiger partial charge on any atom is -0.444 e. The first-order chi connectivity index (χ1) is 10.3. The Morgan fingerprint density at radius 3 is 2.64 bits per heavy atom. The van der Waals surface area contributed by atoms with Gasteiger partial charge in [0.15, 0.2) is 5.15 Å². The third-order valence-electron chi connectivity index (χ3n) is 3.10. The Kier molecular flexibility index (Phi) is 4.85. The predicted octanol–water partition coefficient (Wildman–Crippen LogP) is 1.76. The topological polar surface area (TPSA) is 84.4 Å². The van der Waals surface area contributed by atoms with Crippen molar-refractivity contribution in [2.75, 3.05) is 6.54 Å². The molecule has 0 unspecified atom stereocenters. The molecule has 0 aromatic carbocycles. The number of ether oxygens (including phenoxy) is 1. The molecular weight excluding hydrogens is 308 g/mol. The van der Waals surface area contributed by atoms with Crippen molar-refractivity contribution in [2.45, 2.75) is 45.4 Å². The lowest BCUT2D eigenvalue weighted by Crippen LogP contribution is -2.59. The number of hydrogen-bond acceptors (Lipinski definition) is 5. The first kappa shape index (κ1) is 16.5. The fourth-order valence-corrected chi connectivity index (χ4v) is 2.13. The molecule has 0 aliphatic carbocycles. The van der Waals surface area contributed by atoms with E-state index in [1.807, 2.05) is 0 Å². The highest BCUT2D eigenvalue weighted by molar-refractivity contribution is 6.29. The molecule has 0 spiro atoms. The van der Waals surface area contributed by atoms with Crippen molar-refractivity contribution in [3.63, 3.8) is 0 Å². The summed E-state index contributed by atoms with van der Waals surface area (Å²) < 4.78 is 5.27. The Balaban J connectivity index is 1.88. The lowest BCUT2D eigenvalue weighted by atomic mass is 10.0. The summed E-state index contributed by atoms with van der Waals surface area (Å²) in [6, 6.07) is -0.509. The van der Waals surface area contributed by atoms with Crippen LogP contribution in [0.3, 0.4) is 0 Å². The maximum Gasteiger partial charge on any atom is 0.410 e. The minimum atomic E-state index is -0.582. The van der Waals surface area contributed by atoms with Gasteiger partial charge in [0.2, 0.25) is 5.91 Å². The zero-order valence-corrected chi connectivity index (χ0v) is 13.6. The molecule has 1 fully saturated rings. The molecule has 2 heterocycles. The Morgan fingerprint density at radius 1 is 1.41 bits per heavy atom. The molecule has 22 heavy (non-hydrogen) atoms. The van der Waals surface area contributed by atoms with Crippen LogP contribution >= 0.6 is 11.6 Å². The van der Waals surface area contributed by atoms with Gasteiger partial charge in [0.1, 0.15) is 11.6 Å². The second-order valence-electron chi connectivity index (χ2n) is 5.99. The summed E-state index contributed by atoms with van der Waals surface area (Å²) in [5.74, 6) is -0.251. The van der Waals surface area contributed by atoms with Crippen molar-refractivity contribution in [3.8, 4) is 0 Å². The van der Waals surface area contributed by atoms with Gasteiger partial charge in [-0.15, -0.1) is 0 Å². The maximum atomic E-state index is 12.1. The quantitative estimate of drug-likeness (QED) is 0.914. The molecule has 1 N–H and O–H groups in total. The zero-order chi connectivity index (χ0) is 16.3. The van der Waals surface area contributed by atoms with Crippen LogP contribution in [0.2, 0.25) is 5.15 Å². The van der Waals surface area contributed by atoms with E-state index < -0.39 is 17.7 Å². The fourth-order valence-electron chi connectivity index (χ4n) is 1.96. The van der Waals surface area contributed by atoms with Gasteiger partial charge in [-0.1, -0.05) is 11.6 Å². The molecule has 1 atom stereocenters. The molecule has 1 aromatic rings. The van der Waals surface area contributed by atoms with Gasteiger partial charge in [0, 0.05) is 18.9 Å². The van der Waals surface area contributed by atoms with E-state index in [1.165, 1.54) is 17.3 Å². The molecule has 0 bridgehead atoms. The van der Waals surface area contributed by atoms with Gasteiger partial charge in [0.05, 0.1) is 12.2 Å². The molecule has 7 nitrogen and oxygen atoms in total. The predicted molar refractivity (Wildman–Crippen MR) is 80.2 cm³/mol. The van der Waals surface area contributed by atoms with Gasteiger partial charge in [-0.25, -0.2) is 9.78 Å². The van der Waals surface area contributed by atoms with Gasteiger partial charge < -0.3 is 10.1 Å². The standard InChI is InChI=1S/C14H19ClN4O3/c1-14(2,3)22-13(21)19-7-4-10(19)12(20)18-8-9-11(15)17-6-5-16-9/h5-6,10H,4,7-8H2,1-3H3,(H,18,20)/t10-/m1/s1. The van der Waals surface area contributed by atoms with E-state index in [0.29, 0.717) is 18.7 Å². The SMILES string of the molecule is CC(C)(C)OC(=O)N1CC[C@@H]1C(=O)NCc1nccnc1Cl. The number of aromatic nitrogens is 2. The van der Waals surface area contributed by atoms with E-state index in [1.54, 1.807) is 20.8 Å². The Hall–Kier alpha value is -1.89. The Bertz CT molecular complexity index is 573. The Labute approximate surface area is 134 Å². The normalized spacial score (nSPS) is 17.6. The molecule has 8 heteroatoms. The van der Waals surface area contributed by atoms with Crippen LogP contribution in [0.15, 0.2) is 12.4 Å². The second kappa shape index (κ2) is 6.48. The van der Waals surface area contributed by atoms with Crippen LogP contribution in [0.1, 0.15) is 32.9 Å². The van der Waals surface area contributed by atoms with Crippen LogP contribution in [0.25, 0.3) is 0 Å². The average molecular weight is 327 g/mol. The molecule has 2 amide bonds. The largest absolute Gasteiger partial charge is 0.444 e. The summed E-state index contributed by atoms with van der Waals surface area (Å²) in [7, 11) is 0. The number of carbonyl (C=O) groups is 2. The Morgan fingerprint density at radius 2 is 2.09 bits per heavy atom. The monoisotopic (exact) mass is 326 g/mol. The lowest BCUT2D eigenvalue weighted by Gasteiger charge is -2.40. The molecule has 1 aliphatic heterocycles. The fraction of sp³-hybridized carbons (Fsp3) is 0.571. The van der Waals surface area contributed by atoms with Crippen LogP contribution in [-0.2, 0) is 16.1 Å². The molecule has 2 rings (SSSR count). The second-order valence-corrected chi connectivity index (χ2v) is 6.35. The van der Waals surface area contributed by atoms with Gasteiger partial charge >= 0.3 is 6.09 Å². The highest BCUT2D eigenvalue weighted by Gasteiger charge is 2.39. The van der Waals surface area contributed by atoms with Gasteiger partial charge in [0.25, 0.3) is 0 Å². The average Bonchev–Trinajstić information content (AvgIpc) is 2.34. The van der Waals surface area contributed by atoms with Crippen molar-refractivity contribution in [1.82, 2.24) is 20.2 Å². The van der Waals surface area contributed by atoms with Gasteiger partial charge in [-0.3, -0.25) is 14.7 Å². The third-order valence-corrected chi connectivity index (χ3v) is 3.42. The summed E-state index contributed by atoms with van der Waals surface area (Å²) in [6.07, 6.45) is 3.11. The highest BCUT2D eigenvalue weighted by atomic mass is 35.5. The van der Waals surface area contributed by atoms with E-state index in [-0.39, 0.29) is 17.6 Å². The minimum absolute atomic E-state index is 0.171. The van der Waals surface area contributed by atoms with Crippen LogP contribution in [0, 0.1) is 0 Å². The maximum absolute atomic E-state index is 12.1. The number of rotatable bonds is 3. The molecule has 0 saturated carbocycles. The number of nitrogens with one attached hydrogen (secondary N) is 1. The number of carbonyl (C=O) groups excluding carboxylic acids is 2. The van der Waals surface area contributed by atoms with Crippen molar-refractivity contribution < 1.29 is 14.3 Å². The molecule has 120 valence electrons. The number of nitrogens with zero attached hydrogens (tertiary/aromatic N) is 3. The summed E-state index contributed by atoms with van der Waals surface area (Å²) in [6.45, 7) is 6.05. The summed E-state index contributed by atoms with van der Waals surface area (Å²) in [5.41, 5.74) is -0.0958. The number of likely N-dealkylation sites (tertiary alicyclic amines) is 1. The van der Waals surface area contributed by atoms with Crippen LogP contribution in [0.4, 0.5) is 4.79 Å². The summed E-state index contributed by atoms with van der Waals surface area (Å²) >= 11 is 5.88. The van der Waals surface area contributed by atoms with Crippen molar-refractivity contribution in [3.05, 3.63) is 23.2 Å². The highest BCUT2D eigenvalue weighted by Crippen LogP contribution is 2.21. The van der Waals surface area contributed by atoms with Gasteiger partial charge in [-0.05, 0) is 27.2 Å². The van der Waals surface area contributed by atoms with Crippen LogP contribution in [-0.4, -0.2) is 45.1 Å². The van der Waals surface area contributed by atoms with E-state index in [0.717, 1.165) is 0 Å². The van der Waals surface area contributed by atoms with Crippen molar-refractivity contribution in [1.29, 1.82) is 0 Å². The smallest absolute Gasteiger partial charge is 0.410 e. The lowest BCUT2D eigenvalue weighted by molar-refractivity contribution is -0.130. The molecule has 0 radical (unpaired) electrons. The number of hydrogen-bond donors (Lipinski definition) is 1. The van der Waals surface area contributed by atoms with E-state index in [2.05, 4.69) is 15.3 Å². The molecule has 1 saturated heterocycles. The third kappa shape index (κ3) is 4.07. The van der Waals surface area contributed by atoms with E-state index in [4.69, 9.17) is 16.3 Å². The first-order valence-electron chi connectivity index (χ1n) is 7.00. The van der Waals surface area contributed by atoms with Crippen LogP contribution < -0.4 is 5.32 Å². The van der Waals surface area contributed by atoms with Crippen LogP contribution in [0.5, 0.6) is 0 Å².